The fourth-order valence-corrected chi connectivity index (χ4v) is 2.63. The van der Waals surface area contributed by atoms with E-state index in [0.717, 1.165) is 12.1 Å². The average molecular weight is 336 g/mol. The molecule has 0 unspecified atom stereocenters. The molecule has 0 aliphatic carbocycles. The number of aromatic nitrogens is 2. The van der Waals surface area contributed by atoms with E-state index in [-0.39, 0.29) is 12.5 Å². The number of carbonyl (C=O) groups is 1. The molecule has 0 atom stereocenters. The summed E-state index contributed by atoms with van der Waals surface area (Å²) in [5.74, 6) is 1.06. The van der Waals surface area contributed by atoms with Crippen LogP contribution in [0.15, 0.2) is 28.8 Å². The Morgan fingerprint density at radius 1 is 1.22 bits per heavy atom. The third kappa shape index (κ3) is 4.07. The molecule has 0 spiro atoms. The highest BCUT2D eigenvalue weighted by Crippen LogP contribution is 2.14. The van der Waals surface area contributed by atoms with Gasteiger partial charge in [-0.3, -0.25) is 9.69 Å². The lowest BCUT2D eigenvalue weighted by atomic mass is 10.2. The molecule has 2 aromatic rings. The number of amides is 1. The SMILES string of the molecule is NCc1nc(CN2CCN(Cc3ccc(Cl)cc3)C(=O)C2)no1. The van der Waals surface area contributed by atoms with Crippen LogP contribution in [0.25, 0.3) is 0 Å². The highest BCUT2D eigenvalue weighted by atomic mass is 35.5. The van der Waals surface area contributed by atoms with Crippen LogP contribution in [0.4, 0.5) is 0 Å². The first-order chi connectivity index (χ1) is 11.1. The van der Waals surface area contributed by atoms with E-state index in [2.05, 4.69) is 10.1 Å². The molecule has 2 heterocycles. The number of nitrogens with zero attached hydrogens (tertiary/aromatic N) is 4. The minimum atomic E-state index is 0.0914. The Kier molecular flexibility index (Phi) is 4.90. The lowest BCUT2D eigenvalue weighted by molar-refractivity contribution is -0.136. The second kappa shape index (κ2) is 7.08. The number of nitrogens with two attached hydrogens (primary N) is 1. The van der Waals surface area contributed by atoms with Crippen molar-refractivity contribution in [3.63, 3.8) is 0 Å². The largest absolute Gasteiger partial charge is 0.338 e. The molecule has 0 saturated carbocycles. The van der Waals surface area contributed by atoms with E-state index in [1.165, 1.54) is 0 Å². The summed E-state index contributed by atoms with van der Waals surface area (Å²) in [4.78, 5) is 20.3. The van der Waals surface area contributed by atoms with Gasteiger partial charge in [-0.1, -0.05) is 28.9 Å². The molecule has 122 valence electrons. The van der Waals surface area contributed by atoms with Gasteiger partial charge in [0.2, 0.25) is 11.8 Å². The fraction of sp³-hybridized carbons (Fsp3) is 0.400. The molecule has 1 aromatic heterocycles. The average Bonchev–Trinajstić information content (AvgIpc) is 3.00. The van der Waals surface area contributed by atoms with Crippen LogP contribution in [0.5, 0.6) is 0 Å². The Labute approximate surface area is 139 Å². The van der Waals surface area contributed by atoms with Crippen molar-refractivity contribution in [2.24, 2.45) is 5.73 Å². The van der Waals surface area contributed by atoms with Crippen molar-refractivity contribution in [2.75, 3.05) is 19.6 Å². The minimum absolute atomic E-state index is 0.0914. The van der Waals surface area contributed by atoms with Crippen molar-refractivity contribution in [2.45, 2.75) is 19.6 Å². The van der Waals surface area contributed by atoms with Gasteiger partial charge in [-0.25, -0.2) is 0 Å². The van der Waals surface area contributed by atoms with Crippen LogP contribution < -0.4 is 5.73 Å². The predicted molar refractivity (Wildman–Crippen MR) is 84.3 cm³/mol. The summed E-state index contributed by atoms with van der Waals surface area (Å²) in [5.41, 5.74) is 6.51. The van der Waals surface area contributed by atoms with E-state index >= 15 is 0 Å². The van der Waals surface area contributed by atoms with E-state index in [1.807, 2.05) is 34.1 Å². The standard InChI is InChI=1S/C15H18ClN5O2/c16-12-3-1-11(2-4-12)8-21-6-5-20(10-15(21)22)9-13-18-14(7-17)23-19-13/h1-4H,5-10,17H2. The first-order valence-corrected chi connectivity index (χ1v) is 7.78. The van der Waals surface area contributed by atoms with Crippen LogP contribution >= 0.6 is 11.6 Å². The van der Waals surface area contributed by atoms with Crippen molar-refractivity contribution >= 4 is 17.5 Å². The van der Waals surface area contributed by atoms with Gasteiger partial charge in [0, 0.05) is 24.7 Å². The molecule has 3 rings (SSSR count). The zero-order chi connectivity index (χ0) is 16.2. The molecule has 1 aliphatic heterocycles. The number of benzene rings is 1. The molecule has 0 bridgehead atoms. The molecule has 1 saturated heterocycles. The fourth-order valence-electron chi connectivity index (χ4n) is 2.51. The maximum Gasteiger partial charge on any atom is 0.240 e. The summed E-state index contributed by atoms with van der Waals surface area (Å²) in [5, 5.41) is 4.55. The number of carbonyl (C=O) groups excluding carboxylic acids is 1. The van der Waals surface area contributed by atoms with E-state index < -0.39 is 0 Å². The van der Waals surface area contributed by atoms with Gasteiger partial charge in [0.05, 0.1) is 19.6 Å². The minimum Gasteiger partial charge on any atom is -0.338 e. The Bertz CT molecular complexity index is 673. The lowest BCUT2D eigenvalue weighted by Gasteiger charge is -2.33. The van der Waals surface area contributed by atoms with Gasteiger partial charge in [-0.2, -0.15) is 4.98 Å². The molecule has 1 aliphatic rings. The molecule has 23 heavy (non-hydrogen) atoms. The second-order valence-corrected chi connectivity index (χ2v) is 5.90. The normalized spacial score (nSPS) is 16.1. The van der Waals surface area contributed by atoms with Gasteiger partial charge < -0.3 is 15.2 Å². The van der Waals surface area contributed by atoms with E-state index in [4.69, 9.17) is 21.9 Å². The summed E-state index contributed by atoms with van der Waals surface area (Å²) in [6.45, 7) is 3.10. The van der Waals surface area contributed by atoms with Crippen molar-refractivity contribution in [1.29, 1.82) is 0 Å². The predicted octanol–water partition coefficient (Wildman–Crippen LogP) is 1.03. The molecular formula is C15H18ClN5O2. The second-order valence-electron chi connectivity index (χ2n) is 5.46. The molecule has 0 radical (unpaired) electrons. The molecule has 1 aromatic carbocycles. The van der Waals surface area contributed by atoms with Crippen molar-refractivity contribution < 1.29 is 9.32 Å². The summed E-state index contributed by atoms with van der Waals surface area (Å²) in [6.07, 6.45) is 0. The van der Waals surface area contributed by atoms with Crippen molar-refractivity contribution in [3.05, 3.63) is 46.6 Å². The van der Waals surface area contributed by atoms with E-state index in [1.54, 1.807) is 0 Å². The van der Waals surface area contributed by atoms with Crippen LogP contribution in [-0.2, 0) is 24.4 Å². The highest BCUT2D eigenvalue weighted by molar-refractivity contribution is 6.30. The summed E-state index contributed by atoms with van der Waals surface area (Å²) in [6, 6.07) is 7.55. The number of hydrogen-bond donors (Lipinski definition) is 1. The van der Waals surface area contributed by atoms with Gasteiger partial charge >= 0.3 is 0 Å². The summed E-state index contributed by atoms with van der Waals surface area (Å²) >= 11 is 5.88. The maximum atomic E-state index is 12.3. The van der Waals surface area contributed by atoms with Crippen LogP contribution in [0.2, 0.25) is 5.02 Å². The number of halogens is 1. The molecular weight excluding hydrogens is 318 g/mol. The molecule has 1 fully saturated rings. The Morgan fingerprint density at radius 3 is 2.65 bits per heavy atom. The summed E-state index contributed by atoms with van der Waals surface area (Å²) in [7, 11) is 0. The van der Waals surface area contributed by atoms with Gasteiger partial charge in [-0.05, 0) is 17.7 Å². The van der Waals surface area contributed by atoms with Crippen LogP contribution in [-0.4, -0.2) is 45.5 Å². The third-order valence-corrected chi connectivity index (χ3v) is 3.99. The topological polar surface area (TPSA) is 88.5 Å². The molecule has 2 N–H and O–H groups in total. The van der Waals surface area contributed by atoms with Gasteiger partial charge in [-0.15, -0.1) is 0 Å². The first-order valence-electron chi connectivity index (χ1n) is 7.40. The monoisotopic (exact) mass is 335 g/mol. The number of piperazine rings is 1. The van der Waals surface area contributed by atoms with Crippen molar-refractivity contribution in [3.8, 4) is 0 Å². The van der Waals surface area contributed by atoms with Crippen LogP contribution in [0, 0.1) is 0 Å². The Morgan fingerprint density at radius 2 is 2.00 bits per heavy atom. The van der Waals surface area contributed by atoms with Crippen LogP contribution in [0.3, 0.4) is 0 Å². The number of hydrogen-bond acceptors (Lipinski definition) is 6. The maximum absolute atomic E-state index is 12.3. The zero-order valence-electron chi connectivity index (χ0n) is 12.6. The van der Waals surface area contributed by atoms with E-state index in [0.29, 0.717) is 42.9 Å². The van der Waals surface area contributed by atoms with Crippen LogP contribution in [0.1, 0.15) is 17.3 Å². The van der Waals surface area contributed by atoms with Crippen molar-refractivity contribution in [1.82, 2.24) is 19.9 Å². The van der Waals surface area contributed by atoms with Gasteiger partial charge in [0.25, 0.3) is 0 Å². The lowest BCUT2D eigenvalue weighted by Crippen LogP contribution is -2.49. The Hall–Kier alpha value is -1.96. The number of rotatable bonds is 5. The molecule has 8 heteroatoms. The zero-order valence-corrected chi connectivity index (χ0v) is 13.4. The smallest absolute Gasteiger partial charge is 0.240 e. The van der Waals surface area contributed by atoms with Gasteiger partial charge in [0.15, 0.2) is 5.82 Å². The Balaban J connectivity index is 1.54. The third-order valence-electron chi connectivity index (χ3n) is 3.73. The molecule has 1 amide bonds. The molecule has 7 nitrogen and oxygen atoms in total. The first kappa shape index (κ1) is 15.9. The highest BCUT2D eigenvalue weighted by Gasteiger charge is 2.25. The summed E-state index contributed by atoms with van der Waals surface area (Å²) < 4.78 is 4.97. The van der Waals surface area contributed by atoms with E-state index in [9.17, 15) is 4.79 Å². The quantitative estimate of drug-likeness (QED) is 0.877. The van der Waals surface area contributed by atoms with Gasteiger partial charge in [0.1, 0.15) is 0 Å².